The number of benzene rings is 1. The molecular formula is C13H16ClFN2O. The molecular weight excluding hydrogens is 255 g/mol. The van der Waals surface area contributed by atoms with E-state index in [9.17, 15) is 9.18 Å². The zero-order valence-corrected chi connectivity index (χ0v) is 11.0. The van der Waals surface area contributed by atoms with Crippen molar-refractivity contribution in [2.75, 3.05) is 19.6 Å². The molecule has 18 heavy (non-hydrogen) atoms. The lowest BCUT2D eigenvalue weighted by Crippen LogP contribution is -2.41. The summed E-state index contributed by atoms with van der Waals surface area (Å²) in [6.45, 7) is 4.29. The number of nitrogens with zero attached hydrogens (tertiary/aromatic N) is 1. The molecule has 1 N–H and O–H groups in total. The van der Waals surface area contributed by atoms with Crippen LogP contribution < -0.4 is 5.32 Å². The van der Waals surface area contributed by atoms with E-state index in [0.717, 1.165) is 19.5 Å². The highest BCUT2D eigenvalue weighted by Gasteiger charge is 2.27. The van der Waals surface area contributed by atoms with E-state index < -0.39 is 5.82 Å². The number of rotatable bonds is 3. The molecule has 1 amide bonds. The molecule has 1 aromatic rings. The van der Waals surface area contributed by atoms with Gasteiger partial charge in [0, 0.05) is 19.1 Å². The molecule has 0 bridgehead atoms. The summed E-state index contributed by atoms with van der Waals surface area (Å²) in [5.74, 6) is -0.557. The van der Waals surface area contributed by atoms with E-state index >= 15 is 0 Å². The number of carbonyl (C=O) groups excluding carboxylic acids is 1. The first-order valence-corrected chi connectivity index (χ1v) is 6.48. The summed E-state index contributed by atoms with van der Waals surface area (Å²) >= 11 is 5.93. The molecule has 1 saturated heterocycles. The first-order valence-electron chi connectivity index (χ1n) is 6.10. The van der Waals surface area contributed by atoms with Crippen LogP contribution in [0, 0.1) is 5.82 Å². The van der Waals surface area contributed by atoms with Crippen LogP contribution in [-0.2, 0) is 0 Å². The molecule has 1 fully saturated rings. The first kappa shape index (κ1) is 13.3. The second kappa shape index (κ2) is 5.67. The molecule has 1 aromatic carbocycles. The molecule has 1 heterocycles. The van der Waals surface area contributed by atoms with Gasteiger partial charge in [-0.15, -0.1) is 0 Å². The number of likely N-dealkylation sites (N-methyl/N-ethyl adjacent to an activating group) is 1. The van der Waals surface area contributed by atoms with Crippen LogP contribution in [-0.4, -0.2) is 36.5 Å². The lowest BCUT2D eigenvalue weighted by Gasteiger charge is -2.27. The van der Waals surface area contributed by atoms with Gasteiger partial charge in [0.15, 0.2) is 0 Å². The maximum atomic E-state index is 13.0. The fourth-order valence-corrected chi connectivity index (χ4v) is 2.54. The maximum absolute atomic E-state index is 13.0. The zero-order chi connectivity index (χ0) is 13.1. The largest absolute Gasteiger partial charge is 0.335 e. The van der Waals surface area contributed by atoms with Gasteiger partial charge in [-0.1, -0.05) is 11.6 Å². The van der Waals surface area contributed by atoms with Gasteiger partial charge in [-0.05, 0) is 38.1 Å². The van der Waals surface area contributed by atoms with Gasteiger partial charge in [0.25, 0.3) is 5.91 Å². The molecule has 1 aliphatic rings. The van der Waals surface area contributed by atoms with Gasteiger partial charge >= 0.3 is 0 Å². The van der Waals surface area contributed by atoms with E-state index in [1.807, 2.05) is 6.92 Å². The highest BCUT2D eigenvalue weighted by Crippen LogP contribution is 2.21. The van der Waals surface area contributed by atoms with E-state index in [1.165, 1.54) is 18.2 Å². The Balaban J connectivity index is 2.22. The normalized spacial score (nSPS) is 18.9. The molecule has 0 saturated carbocycles. The fraction of sp³-hybridized carbons (Fsp3) is 0.462. The lowest BCUT2D eigenvalue weighted by molar-refractivity contribution is 0.0704. The van der Waals surface area contributed by atoms with Gasteiger partial charge in [0.05, 0.1) is 10.6 Å². The summed E-state index contributed by atoms with van der Waals surface area (Å²) in [4.78, 5) is 14.2. The second-order valence-corrected chi connectivity index (χ2v) is 4.77. The van der Waals surface area contributed by atoms with Crippen molar-refractivity contribution in [3.8, 4) is 0 Å². The molecule has 1 atom stereocenters. The molecule has 1 unspecified atom stereocenters. The van der Waals surface area contributed by atoms with Gasteiger partial charge < -0.3 is 10.2 Å². The van der Waals surface area contributed by atoms with Gasteiger partial charge in [-0.2, -0.15) is 0 Å². The van der Waals surface area contributed by atoms with E-state index in [0.29, 0.717) is 12.1 Å². The van der Waals surface area contributed by atoms with Crippen LogP contribution in [0.25, 0.3) is 0 Å². The first-order chi connectivity index (χ1) is 8.63. The molecule has 98 valence electrons. The van der Waals surface area contributed by atoms with Crippen molar-refractivity contribution < 1.29 is 9.18 Å². The van der Waals surface area contributed by atoms with Crippen LogP contribution in [0.3, 0.4) is 0 Å². The Bertz CT molecular complexity index is 447. The smallest absolute Gasteiger partial charge is 0.255 e. The number of carbonyl (C=O) groups is 1. The standard InChI is InChI=1S/C13H16ClFN2O/c1-2-17(10-5-6-16-8-10)13(18)11-4-3-9(15)7-12(11)14/h3-4,7,10,16H,2,5-6,8H2,1H3. The third kappa shape index (κ3) is 2.65. The highest BCUT2D eigenvalue weighted by atomic mass is 35.5. The number of amides is 1. The highest BCUT2D eigenvalue weighted by molar-refractivity contribution is 6.33. The minimum Gasteiger partial charge on any atom is -0.335 e. The SMILES string of the molecule is CCN(C(=O)c1ccc(F)cc1Cl)C1CCNC1. The zero-order valence-electron chi connectivity index (χ0n) is 10.2. The van der Waals surface area contributed by atoms with E-state index in [4.69, 9.17) is 11.6 Å². The Kier molecular flexibility index (Phi) is 4.19. The van der Waals surface area contributed by atoms with Crippen molar-refractivity contribution in [2.45, 2.75) is 19.4 Å². The van der Waals surface area contributed by atoms with Gasteiger partial charge in [0.2, 0.25) is 0 Å². The third-order valence-corrected chi connectivity index (χ3v) is 3.55. The second-order valence-electron chi connectivity index (χ2n) is 4.36. The molecule has 0 aromatic heterocycles. The van der Waals surface area contributed by atoms with Crippen molar-refractivity contribution in [3.63, 3.8) is 0 Å². The predicted octanol–water partition coefficient (Wildman–Crippen LogP) is 2.30. The summed E-state index contributed by atoms with van der Waals surface area (Å²) in [5, 5.41) is 3.40. The number of hydrogen-bond acceptors (Lipinski definition) is 2. The fourth-order valence-electron chi connectivity index (χ4n) is 2.29. The Hall–Kier alpha value is -1.13. The van der Waals surface area contributed by atoms with Crippen LogP contribution in [0.1, 0.15) is 23.7 Å². The van der Waals surface area contributed by atoms with Crippen molar-refractivity contribution in [1.29, 1.82) is 0 Å². The van der Waals surface area contributed by atoms with E-state index in [-0.39, 0.29) is 17.0 Å². The minimum absolute atomic E-state index is 0.129. The van der Waals surface area contributed by atoms with Crippen LogP contribution >= 0.6 is 11.6 Å². The summed E-state index contributed by atoms with van der Waals surface area (Å²) in [5.41, 5.74) is 0.367. The Labute approximate surface area is 111 Å². The minimum atomic E-state index is -0.429. The summed E-state index contributed by atoms with van der Waals surface area (Å²) in [6.07, 6.45) is 0.943. The van der Waals surface area contributed by atoms with Crippen LogP contribution in [0.5, 0.6) is 0 Å². The van der Waals surface area contributed by atoms with E-state index in [2.05, 4.69) is 5.32 Å². The molecule has 5 heteroatoms. The average molecular weight is 271 g/mol. The van der Waals surface area contributed by atoms with Crippen molar-refractivity contribution in [2.24, 2.45) is 0 Å². The Morgan fingerprint density at radius 3 is 2.94 bits per heavy atom. The molecule has 0 spiro atoms. The van der Waals surface area contributed by atoms with E-state index in [1.54, 1.807) is 4.90 Å². The predicted molar refractivity (Wildman–Crippen MR) is 69.4 cm³/mol. The van der Waals surface area contributed by atoms with Gasteiger partial charge in [-0.3, -0.25) is 4.79 Å². The summed E-state index contributed by atoms with van der Waals surface area (Å²) < 4.78 is 13.0. The Morgan fingerprint density at radius 2 is 2.39 bits per heavy atom. The number of hydrogen-bond donors (Lipinski definition) is 1. The molecule has 0 radical (unpaired) electrons. The van der Waals surface area contributed by atoms with Gasteiger partial charge in [-0.25, -0.2) is 4.39 Å². The molecule has 2 rings (SSSR count). The quantitative estimate of drug-likeness (QED) is 0.914. The van der Waals surface area contributed by atoms with Crippen molar-refractivity contribution in [1.82, 2.24) is 10.2 Å². The Morgan fingerprint density at radius 1 is 1.61 bits per heavy atom. The molecule has 3 nitrogen and oxygen atoms in total. The third-order valence-electron chi connectivity index (χ3n) is 3.24. The number of nitrogens with one attached hydrogen (secondary N) is 1. The van der Waals surface area contributed by atoms with Crippen molar-refractivity contribution >= 4 is 17.5 Å². The van der Waals surface area contributed by atoms with Crippen LogP contribution in [0.2, 0.25) is 5.02 Å². The van der Waals surface area contributed by atoms with Gasteiger partial charge in [0.1, 0.15) is 5.82 Å². The lowest BCUT2D eigenvalue weighted by atomic mass is 10.1. The molecule has 1 aliphatic heterocycles. The summed E-state index contributed by atoms with van der Waals surface area (Å²) in [7, 11) is 0. The topological polar surface area (TPSA) is 32.3 Å². The van der Waals surface area contributed by atoms with Crippen molar-refractivity contribution in [3.05, 3.63) is 34.6 Å². The van der Waals surface area contributed by atoms with Crippen LogP contribution in [0.4, 0.5) is 4.39 Å². The van der Waals surface area contributed by atoms with Crippen LogP contribution in [0.15, 0.2) is 18.2 Å². The summed E-state index contributed by atoms with van der Waals surface area (Å²) in [6, 6.07) is 4.09. The average Bonchev–Trinajstić information content (AvgIpc) is 2.83. The molecule has 0 aliphatic carbocycles. The maximum Gasteiger partial charge on any atom is 0.255 e. The number of halogens is 2. The monoisotopic (exact) mass is 270 g/mol.